The van der Waals surface area contributed by atoms with Gasteiger partial charge in [0, 0.05) is 11.3 Å². The molecule has 10 heteroatoms. The molecule has 1 saturated heterocycles. The molecule has 0 aliphatic carbocycles. The summed E-state index contributed by atoms with van der Waals surface area (Å²) in [5.41, 5.74) is 0.520. The summed E-state index contributed by atoms with van der Waals surface area (Å²) < 4.78 is 41.0. The highest BCUT2D eigenvalue weighted by Crippen LogP contribution is 2.32. The van der Waals surface area contributed by atoms with Crippen LogP contribution in [0.5, 0.6) is 5.75 Å². The SMILES string of the molecule is CC1(c2ccc(OC(F)(F)F)cc2)NC(=O)N(Cc2ccc(C(=O)Nc3ccccc3)cc2)C1=O. The second kappa shape index (κ2) is 9.13. The van der Waals surface area contributed by atoms with Crippen molar-refractivity contribution in [2.75, 3.05) is 5.32 Å². The molecule has 1 unspecified atom stereocenters. The fraction of sp³-hybridized carbons (Fsp3) is 0.160. The number of benzene rings is 3. The Kier molecular flexibility index (Phi) is 6.21. The molecule has 3 aromatic carbocycles. The molecule has 180 valence electrons. The Hall–Kier alpha value is -4.34. The zero-order valence-corrected chi connectivity index (χ0v) is 18.4. The molecule has 35 heavy (non-hydrogen) atoms. The van der Waals surface area contributed by atoms with Crippen molar-refractivity contribution in [1.29, 1.82) is 0 Å². The van der Waals surface area contributed by atoms with Crippen LogP contribution in [0.4, 0.5) is 23.7 Å². The maximum Gasteiger partial charge on any atom is 0.573 e. The fourth-order valence-corrected chi connectivity index (χ4v) is 3.70. The maximum atomic E-state index is 13.1. The lowest BCUT2D eigenvalue weighted by Crippen LogP contribution is -2.40. The van der Waals surface area contributed by atoms with Gasteiger partial charge in [0.05, 0.1) is 6.54 Å². The zero-order valence-electron chi connectivity index (χ0n) is 18.4. The minimum absolute atomic E-state index is 0.0455. The maximum absolute atomic E-state index is 13.1. The number of nitrogens with one attached hydrogen (secondary N) is 2. The van der Waals surface area contributed by atoms with Crippen LogP contribution >= 0.6 is 0 Å². The third-order valence-corrected chi connectivity index (χ3v) is 5.53. The minimum Gasteiger partial charge on any atom is -0.406 e. The van der Waals surface area contributed by atoms with Crippen molar-refractivity contribution in [3.63, 3.8) is 0 Å². The Labute approximate surface area is 198 Å². The number of carbonyl (C=O) groups excluding carboxylic acids is 3. The van der Waals surface area contributed by atoms with E-state index >= 15 is 0 Å². The summed E-state index contributed by atoms with van der Waals surface area (Å²) in [5.74, 6) is -1.30. The number of hydrogen-bond donors (Lipinski definition) is 2. The molecule has 1 fully saturated rings. The van der Waals surface area contributed by atoms with Crippen LogP contribution in [0.1, 0.15) is 28.4 Å². The fourth-order valence-electron chi connectivity index (χ4n) is 3.70. The van der Waals surface area contributed by atoms with Gasteiger partial charge in [-0.05, 0) is 54.4 Å². The summed E-state index contributed by atoms with van der Waals surface area (Å²) in [7, 11) is 0. The van der Waals surface area contributed by atoms with Crippen LogP contribution in [-0.2, 0) is 16.9 Å². The van der Waals surface area contributed by atoms with E-state index in [2.05, 4.69) is 15.4 Å². The van der Waals surface area contributed by atoms with Crippen LogP contribution in [0.15, 0.2) is 78.9 Å². The Morgan fingerprint density at radius 3 is 2.20 bits per heavy atom. The lowest BCUT2D eigenvalue weighted by molar-refractivity contribution is -0.274. The van der Waals surface area contributed by atoms with E-state index in [-0.39, 0.29) is 12.5 Å². The van der Waals surface area contributed by atoms with Crippen molar-refractivity contribution in [2.24, 2.45) is 0 Å². The third-order valence-electron chi connectivity index (χ3n) is 5.53. The molecule has 0 saturated carbocycles. The summed E-state index contributed by atoms with van der Waals surface area (Å²) in [6, 6.07) is 19.5. The average Bonchev–Trinajstić information content (AvgIpc) is 3.03. The van der Waals surface area contributed by atoms with E-state index in [4.69, 9.17) is 0 Å². The van der Waals surface area contributed by atoms with Crippen molar-refractivity contribution < 1.29 is 32.3 Å². The molecule has 0 aromatic heterocycles. The van der Waals surface area contributed by atoms with Gasteiger partial charge in [0.1, 0.15) is 11.3 Å². The molecule has 4 rings (SSSR count). The van der Waals surface area contributed by atoms with Crippen LogP contribution in [0, 0.1) is 0 Å². The van der Waals surface area contributed by atoms with E-state index in [1.165, 1.54) is 19.1 Å². The topological polar surface area (TPSA) is 87.7 Å². The number of urea groups is 1. The van der Waals surface area contributed by atoms with Gasteiger partial charge >= 0.3 is 12.4 Å². The quantitative estimate of drug-likeness (QED) is 0.493. The lowest BCUT2D eigenvalue weighted by Gasteiger charge is -2.22. The molecular weight excluding hydrogens is 463 g/mol. The van der Waals surface area contributed by atoms with Crippen LogP contribution in [-0.4, -0.2) is 29.1 Å². The molecule has 3 aromatic rings. The number of rotatable bonds is 6. The van der Waals surface area contributed by atoms with Crippen molar-refractivity contribution >= 4 is 23.5 Å². The molecule has 0 spiro atoms. The number of amides is 4. The van der Waals surface area contributed by atoms with Gasteiger partial charge in [-0.2, -0.15) is 0 Å². The van der Waals surface area contributed by atoms with Crippen molar-refractivity contribution in [3.8, 4) is 5.75 Å². The number of carbonyl (C=O) groups is 3. The van der Waals surface area contributed by atoms with Gasteiger partial charge in [0.15, 0.2) is 0 Å². The van der Waals surface area contributed by atoms with Crippen molar-refractivity contribution in [3.05, 3.63) is 95.6 Å². The Morgan fingerprint density at radius 2 is 1.60 bits per heavy atom. The van der Waals surface area contributed by atoms with Crippen LogP contribution in [0.25, 0.3) is 0 Å². The van der Waals surface area contributed by atoms with Crippen molar-refractivity contribution in [2.45, 2.75) is 25.4 Å². The summed E-state index contributed by atoms with van der Waals surface area (Å²) in [6.07, 6.45) is -4.84. The predicted octanol–water partition coefficient (Wildman–Crippen LogP) is 4.80. The summed E-state index contributed by atoms with van der Waals surface area (Å²) >= 11 is 0. The van der Waals surface area contributed by atoms with E-state index in [0.717, 1.165) is 17.0 Å². The average molecular weight is 483 g/mol. The van der Waals surface area contributed by atoms with Crippen LogP contribution in [0.2, 0.25) is 0 Å². The predicted molar refractivity (Wildman–Crippen MR) is 120 cm³/mol. The Balaban J connectivity index is 1.44. The second-order valence-corrected chi connectivity index (χ2v) is 8.04. The van der Waals surface area contributed by atoms with E-state index in [0.29, 0.717) is 22.4 Å². The number of halogens is 3. The monoisotopic (exact) mass is 483 g/mol. The van der Waals surface area contributed by atoms with Gasteiger partial charge in [-0.15, -0.1) is 13.2 Å². The number of para-hydroxylation sites is 1. The van der Waals surface area contributed by atoms with Gasteiger partial charge in [-0.25, -0.2) is 4.79 Å². The number of hydrogen-bond acceptors (Lipinski definition) is 4. The number of nitrogens with zero attached hydrogens (tertiary/aromatic N) is 1. The first-order chi connectivity index (χ1) is 16.5. The largest absolute Gasteiger partial charge is 0.573 e. The van der Waals surface area contributed by atoms with E-state index in [1.54, 1.807) is 48.5 Å². The van der Waals surface area contributed by atoms with Gasteiger partial charge in [-0.1, -0.05) is 42.5 Å². The lowest BCUT2D eigenvalue weighted by atomic mass is 9.92. The molecule has 1 aliphatic heterocycles. The van der Waals surface area contributed by atoms with Gasteiger partial charge < -0.3 is 15.4 Å². The zero-order chi connectivity index (χ0) is 25.2. The van der Waals surface area contributed by atoms with Crippen LogP contribution < -0.4 is 15.4 Å². The molecule has 1 heterocycles. The number of imide groups is 1. The molecule has 0 radical (unpaired) electrons. The summed E-state index contributed by atoms with van der Waals surface area (Å²) in [4.78, 5) is 39.1. The van der Waals surface area contributed by atoms with E-state index in [1.807, 2.05) is 6.07 Å². The number of anilines is 1. The molecule has 7 nitrogen and oxygen atoms in total. The van der Waals surface area contributed by atoms with Gasteiger partial charge in [0.25, 0.3) is 11.8 Å². The molecule has 1 atom stereocenters. The first-order valence-electron chi connectivity index (χ1n) is 10.5. The highest BCUT2D eigenvalue weighted by atomic mass is 19.4. The highest BCUT2D eigenvalue weighted by Gasteiger charge is 2.49. The highest BCUT2D eigenvalue weighted by molar-refractivity contribution is 6.07. The molecule has 0 bridgehead atoms. The molecular formula is C25H20F3N3O4. The van der Waals surface area contributed by atoms with Gasteiger partial charge in [0.2, 0.25) is 0 Å². The molecule has 4 amide bonds. The first-order valence-corrected chi connectivity index (χ1v) is 10.5. The second-order valence-electron chi connectivity index (χ2n) is 8.04. The molecule has 1 aliphatic rings. The number of ether oxygens (including phenoxy) is 1. The first kappa shape index (κ1) is 23.8. The summed E-state index contributed by atoms with van der Waals surface area (Å²) in [6.45, 7) is 1.43. The Bertz CT molecular complexity index is 1250. The minimum atomic E-state index is -4.84. The Morgan fingerprint density at radius 1 is 0.971 bits per heavy atom. The standard InChI is InChI=1S/C25H20F3N3O4/c1-24(18-11-13-20(14-12-18)35-25(26,27)28)22(33)31(23(34)30-24)15-16-7-9-17(10-8-16)21(32)29-19-5-3-2-4-6-19/h2-14H,15H2,1H3,(H,29,32)(H,30,34). The normalized spacial score (nSPS) is 17.8. The van der Waals surface area contributed by atoms with Gasteiger partial charge in [-0.3, -0.25) is 14.5 Å². The van der Waals surface area contributed by atoms with Crippen LogP contribution in [0.3, 0.4) is 0 Å². The van der Waals surface area contributed by atoms with Crippen molar-refractivity contribution in [1.82, 2.24) is 10.2 Å². The smallest absolute Gasteiger partial charge is 0.406 e. The van der Waals surface area contributed by atoms with E-state index < -0.39 is 29.6 Å². The third kappa shape index (κ3) is 5.26. The number of alkyl halides is 3. The molecule has 2 N–H and O–H groups in total. The summed E-state index contributed by atoms with van der Waals surface area (Å²) in [5, 5.41) is 5.37. The van der Waals surface area contributed by atoms with E-state index in [9.17, 15) is 27.6 Å².